The fraction of sp³-hybridized carbons (Fsp3) is 0.357. The van der Waals surface area contributed by atoms with Gasteiger partial charge in [0.15, 0.2) is 0 Å². The van der Waals surface area contributed by atoms with Crippen LogP contribution in [0.15, 0.2) is 17.8 Å². The van der Waals surface area contributed by atoms with E-state index in [2.05, 4.69) is 29.5 Å². The number of anilines is 2. The Bertz CT molecular complexity index is 860. The zero-order chi connectivity index (χ0) is 15.8. The van der Waals surface area contributed by atoms with E-state index in [0.717, 1.165) is 35.4 Å². The molecule has 0 radical (unpaired) electrons. The highest BCUT2D eigenvalue weighted by Crippen LogP contribution is 2.32. The maximum absolute atomic E-state index is 12.6. The summed E-state index contributed by atoms with van der Waals surface area (Å²) in [7, 11) is 0. The third kappa shape index (κ3) is 2.66. The number of nitrogens with zero attached hydrogens (tertiary/aromatic N) is 5. The quantitative estimate of drug-likeness (QED) is 0.784. The maximum Gasteiger partial charge on any atom is 0.248 e. The highest BCUT2D eigenvalue weighted by molar-refractivity contribution is 7.16. The monoisotopic (exact) mass is 346 g/mol. The molecule has 1 fully saturated rings. The summed E-state index contributed by atoms with van der Waals surface area (Å²) in [5.41, 5.74) is 0. The molecule has 0 aliphatic carbocycles. The number of carbonyl (C=O) groups is 1. The highest BCUT2D eigenvalue weighted by atomic mass is 32.1. The van der Waals surface area contributed by atoms with E-state index < -0.39 is 0 Å². The Balaban J connectivity index is 1.61. The molecule has 1 N–H and O–H groups in total. The summed E-state index contributed by atoms with van der Waals surface area (Å²) in [4.78, 5) is 28.5. The van der Waals surface area contributed by atoms with Crippen molar-refractivity contribution in [3.05, 3.63) is 23.6 Å². The molecule has 7 nitrogen and oxygen atoms in total. The van der Waals surface area contributed by atoms with Gasteiger partial charge >= 0.3 is 0 Å². The van der Waals surface area contributed by atoms with Crippen LogP contribution in [-0.4, -0.2) is 37.8 Å². The van der Waals surface area contributed by atoms with Gasteiger partial charge in [0.25, 0.3) is 0 Å². The summed E-state index contributed by atoms with van der Waals surface area (Å²) >= 11 is 2.78. The molecule has 4 heterocycles. The molecule has 1 unspecified atom stereocenters. The van der Waals surface area contributed by atoms with Crippen molar-refractivity contribution in [2.24, 2.45) is 0 Å². The minimum absolute atomic E-state index is 0.0550. The van der Waals surface area contributed by atoms with Gasteiger partial charge in [-0.05, 0) is 31.2 Å². The number of nitrogens with one attached hydrogen (secondary N) is 1. The molecule has 118 valence electrons. The fourth-order valence-electron chi connectivity index (χ4n) is 2.84. The van der Waals surface area contributed by atoms with Crippen LogP contribution >= 0.6 is 22.9 Å². The van der Waals surface area contributed by atoms with Gasteiger partial charge in [0.2, 0.25) is 11.0 Å². The van der Waals surface area contributed by atoms with E-state index in [0.29, 0.717) is 11.0 Å². The third-order valence-electron chi connectivity index (χ3n) is 3.83. The number of thiophene rings is 1. The lowest BCUT2D eigenvalue weighted by atomic mass is 10.2. The summed E-state index contributed by atoms with van der Waals surface area (Å²) in [6.07, 6.45) is 3.33. The van der Waals surface area contributed by atoms with Crippen LogP contribution in [0.1, 0.15) is 18.7 Å². The Morgan fingerprint density at radius 3 is 3.17 bits per heavy atom. The Hall–Kier alpha value is -2.13. The Kier molecular flexibility index (Phi) is 3.66. The summed E-state index contributed by atoms with van der Waals surface area (Å²) in [6.45, 7) is 2.62. The van der Waals surface area contributed by atoms with Gasteiger partial charge in [0, 0.05) is 18.1 Å². The molecule has 0 aromatic carbocycles. The number of aromatic nitrogens is 4. The van der Waals surface area contributed by atoms with Crippen molar-refractivity contribution in [3.8, 4) is 0 Å². The second-order valence-corrected chi connectivity index (χ2v) is 6.97. The first kappa shape index (κ1) is 14.5. The molecule has 1 aliphatic rings. The lowest BCUT2D eigenvalue weighted by Crippen LogP contribution is -2.40. The van der Waals surface area contributed by atoms with Gasteiger partial charge in [-0.1, -0.05) is 0 Å². The number of aryl methyl sites for hydroxylation is 1. The minimum Gasteiger partial charge on any atom is -0.344 e. The second-order valence-electron chi connectivity index (χ2n) is 5.32. The largest absolute Gasteiger partial charge is 0.344 e. The standard InChI is InChI=1S/C14H14N6OS2/c1-8-17-14(23-19-8)18-12(21)10-3-2-5-20(10)11-9-4-6-22-13(9)16-7-15-11/h4,6-7,10H,2-3,5H2,1H3,(H,17,18,19,21). The van der Waals surface area contributed by atoms with Crippen molar-refractivity contribution in [2.45, 2.75) is 25.8 Å². The van der Waals surface area contributed by atoms with Crippen molar-refractivity contribution in [3.63, 3.8) is 0 Å². The van der Waals surface area contributed by atoms with Gasteiger partial charge in [-0.25, -0.2) is 15.0 Å². The van der Waals surface area contributed by atoms with Crippen LogP contribution in [0.2, 0.25) is 0 Å². The molecule has 1 atom stereocenters. The van der Waals surface area contributed by atoms with E-state index in [4.69, 9.17) is 0 Å². The topological polar surface area (TPSA) is 83.9 Å². The molecule has 3 aromatic heterocycles. The molecule has 0 bridgehead atoms. The van der Waals surface area contributed by atoms with Crippen LogP contribution in [0.25, 0.3) is 10.2 Å². The van der Waals surface area contributed by atoms with Crippen LogP contribution in [-0.2, 0) is 4.79 Å². The molecular weight excluding hydrogens is 332 g/mol. The molecule has 9 heteroatoms. The zero-order valence-corrected chi connectivity index (χ0v) is 14.0. The molecule has 1 aliphatic heterocycles. The van der Waals surface area contributed by atoms with Crippen LogP contribution in [0.3, 0.4) is 0 Å². The second kappa shape index (κ2) is 5.82. The van der Waals surface area contributed by atoms with Crippen molar-refractivity contribution in [1.82, 2.24) is 19.3 Å². The number of hydrogen-bond acceptors (Lipinski definition) is 8. The van der Waals surface area contributed by atoms with Crippen LogP contribution in [0, 0.1) is 6.92 Å². The van der Waals surface area contributed by atoms with Crippen molar-refractivity contribution >= 4 is 49.9 Å². The molecule has 1 saturated heterocycles. The van der Waals surface area contributed by atoms with Crippen LogP contribution in [0.5, 0.6) is 0 Å². The smallest absolute Gasteiger partial charge is 0.248 e. The van der Waals surface area contributed by atoms with E-state index in [1.54, 1.807) is 17.7 Å². The first-order chi connectivity index (χ1) is 11.2. The van der Waals surface area contributed by atoms with Crippen molar-refractivity contribution in [2.75, 3.05) is 16.8 Å². The molecule has 3 aromatic rings. The average molecular weight is 346 g/mol. The number of carbonyl (C=O) groups excluding carboxylic acids is 1. The average Bonchev–Trinajstić information content (AvgIpc) is 3.26. The molecule has 23 heavy (non-hydrogen) atoms. The Labute approximate surface area is 140 Å². The summed E-state index contributed by atoms with van der Waals surface area (Å²) in [5, 5.41) is 6.42. The molecular formula is C14H14N6OS2. The van der Waals surface area contributed by atoms with Crippen LogP contribution < -0.4 is 10.2 Å². The zero-order valence-electron chi connectivity index (χ0n) is 12.4. The van der Waals surface area contributed by atoms with E-state index in [-0.39, 0.29) is 11.9 Å². The Morgan fingerprint density at radius 2 is 2.35 bits per heavy atom. The van der Waals surface area contributed by atoms with Crippen molar-refractivity contribution in [1.29, 1.82) is 0 Å². The molecule has 1 amide bonds. The van der Waals surface area contributed by atoms with E-state index in [9.17, 15) is 4.79 Å². The number of amides is 1. The van der Waals surface area contributed by atoms with E-state index >= 15 is 0 Å². The predicted octanol–water partition coefficient (Wildman–Crippen LogP) is 2.46. The summed E-state index contributed by atoms with van der Waals surface area (Å²) < 4.78 is 4.09. The lowest BCUT2D eigenvalue weighted by Gasteiger charge is -2.24. The Morgan fingerprint density at radius 1 is 1.43 bits per heavy atom. The van der Waals surface area contributed by atoms with Crippen LogP contribution in [0.4, 0.5) is 10.9 Å². The fourth-order valence-corrected chi connectivity index (χ4v) is 4.14. The maximum atomic E-state index is 12.6. The van der Waals surface area contributed by atoms with Gasteiger partial charge in [0.05, 0.1) is 5.39 Å². The molecule has 0 spiro atoms. The lowest BCUT2D eigenvalue weighted by molar-refractivity contribution is -0.117. The molecule has 0 saturated carbocycles. The number of hydrogen-bond donors (Lipinski definition) is 1. The minimum atomic E-state index is -0.239. The van der Waals surface area contributed by atoms with Gasteiger partial charge in [-0.3, -0.25) is 10.1 Å². The van der Waals surface area contributed by atoms with Gasteiger partial charge in [-0.2, -0.15) is 4.37 Å². The summed E-state index contributed by atoms with van der Waals surface area (Å²) in [6, 6.07) is 1.77. The molecule has 4 rings (SSSR count). The van der Waals surface area contributed by atoms with Crippen molar-refractivity contribution < 1.29 is 4.79 Å². The predicted molar refractivity (Wildman–Crippen MR) is 91.1 cm³/mol. The number of rotatable bonds is 3. The normalized spacial score (nSPS) is 17.8. The summed E-state index contributed by atoms with van der Waals surface area (Å²) in [5.74, 6) is 1.45. The third-order valence-corrected chi connectivity index (χ3v) is 5.37. The first-order valence-electron chi connectivity index (χ1n) is 7.28. The van der Waals surface area contributed by atoms with Gasteiger partial charge in [0.1, 0.15) is 28.8 Å². The van der Waals surface area contributed by atoms with E-state index in [1.165, 1.54) is 11.5 Å². The van der Waals surface area contributed by atoms with Gasteiger partial charge < -0.3 is 4.90 Å². The number of fused-ring (bicyclic) bond motifs is 1. The SMILES string of the molecule is Cc1nsc(NC(=O)C2CCCN2c2ncnc3sccc23)n1. The van der Waals surface area contributed by atoms with E-state index in [1.807, 2.05) is 18.4 Å². The highest BCUT2D eigenvalue weighted by Gasteiger charge is 2.33. The first-order valence-corrected chi connectivity index (χ1v) is 8.94. The van der Waals surface area contributed by atoms with Gasteiger partial charge in [-0.15, -0.1) is 11.3 Å².